The van der Waals surface area contributed by atoms with E-state index in [9.17, 15) is 18.5 Å². The number of rotatable bonds is 5. The third kappa shape index (κ3) is 3.44. The Labute approximate surface area is 112 Å². The van der Waals surface area contributed by atoms with Gasteiger partial charge >= 0.3 is 0 Å². The van der Waals surface area contributed by atoms with Gasteiger partial charge in [0.05, 0.1) is 9.67 Å². The molecule has 0 saturated carbocycles. The van der Waals surface area contributed by atoms with Gasteiger partial charge in [-0.25, -0.2) is 8.42 Å². The van der Waals surface area contributed by atoms with Gasteiger partial charge in [0.1, 0.15) is 5.69 Å². The first-order valence-corrected chi connectivity index (χ1v) is 7.63. The van der Waals surface area contributed by atoms with Crippen LogP contribution in [0.1, 0.15) is 19.4 Å². The minimum atomic E-state index is -3.25. The zero-order valence-corrected chi connectivity index (χ0v) is 12.2. The van der Waals surface area contributed by atoms with Crippen LogP contribution in [0.5, 0.6) is 0 Å². The Kier molecular flexibility index (Phi) is 4.19. The van der Waals surface area contributed by atoms with E-state index >= 15 is 0 Å². The van der Waals surface area contributed by atoms with E-state index in [4.69, 9.17) is 0 Å². The van der Waals surface area contributed by atoms with Crippen molar-refractivity contribution in [1.29, 1.82) is 0 Å². The molecule has 6 nitrogen and oxygen atoms in total. The normalized spacial score (nSPS) is 12.2. The van der Waals surface area contributed by atoms with Gasteiger partial charge in [0.25, 0.3) is 5.69 Å². The molecule has 1 rings (SSSR count). The molecule has 106 valence electrons. The fraction of sp³-hybridized carbons (Fsp3) is 0.500. The SMILES string of the molecule is Cc1cccc(NCC(C)(C)S(C)(=O)=O)c1[N+](=O)[O-]. The Morgan fingerprint density at radius 2 is 1.95 bits per heavy atom. The van der Waals surface area contributed by atoms with Crippen molar-refractivity contribution in [2.24, 2.45) is 0 Å². The Hall–Kier alpha value is -1.63. The van der Waals surface area contributed by atoms with E-state index in [2.05, 4.69) is 5.32 Å². The fourth-order valence-corrected chi connectivity index (χ4v) is 1.82. The molecular weight excluding hydrogens is 268 g/mol. The van der Waals surface area contributed by atoms with Gasteiger partial charge in [-0.05, 0) is 26.8 Å². The first kappa shape index (κ1) is 15.4. The number of nitrogens with zero attached hydrogens (tertiary/aromatic N) is 1. The topological polar surface area (TPSA) is 89.3 Å². The van der Waals surface area contributed by atoms with Gasteiger partial charge in [-0.1, -0.05) is 12.1 Å². The van der Waals surface area contributed by atoms with Crippen molar-refractivity contribution in [2.75, 3.05) is 18.1 Å². The summed E-state index contributed by atoms with van der Waals surface area (Å²) in [5.41, 5.74) is 0.848. The largest absolute Gasteiger partial charge is 0.378 e. The number of hydrogen-bond acceptors (Lipinski definition) is 5. The predicted molar refractivity (Wildman–Crippen MR) is 75.2 cm³/mol. The first-order valence-electron chi connectivity index (χ1n) is 5.74. The lowest BCUT2D eigenvalue weighted by molar-refractivity contribution is -0.384. The maximum atomic E-state index is 11.6. The molecule has 0 radical (unpaired) electrons. The third-order valence-electron chi connectivity index (χ3n) is 3.13. The molecule has 0 aliphatic carbocycles. The molecule has 0 heterocycles. The number of hydrogen-bond donors (Lipinski definition) is 1. The molecule has 0 aliphatic rings. The number of nitro groups is 1. The monoisotopic (exact) mass is 286 g/mol. The number of anilines is 1. The Morgan fingerprint density at radius 1 is 1.37 bits per heavy atom. The summed E-state index contributed by atoms with van der Waals surface area (Å²) in [5, 5.41) is 13.9. The molecule has 1 aromatic carbocycles. The van der Waals surface area contributed by atoms with Crippen LogP contribution in [-0.4, -0.2) is 30.9 Å². The molecule has 0 spiro atoms. The number of aryl methyl sites for hydroxylation is 1. The van der Waals surface area contributed by atoms with Crippen molar-refractivity contribution >= 4 is 21.2 Å². The fourth-order valence-electron chi connectivity index (χ4n) is 1.48. The summed E-state index contributed by atoms with van der Waals surface area (Å²) in [4.78, 5) is 10.5. The lowest BCUT2D eigenvalue weighted by Gasteiger charge is -2.23. The van der Waals surface area contributed by atoms with Crippen LogP contribution in [0.25, 0.3) is 0 Å². The van der Waals surface area contributed by atoms with Crippen LogP contribution in [0.2, 0.25) is 0 Å². The summed E-state index contributed by atoms with van der Waals surface area (Å²) in [7, 11) is -3.25. The van der Waals surface area contributed by atoms with E-state index in [1.807, 2.05) is 0 Å². The highest BCUT2D eigenvalue weighted by molar-refractivity contribution is 7.92. The van der Waals surface area contributed by atoms with Gasteiger partial charge in [-0.15, -0.1) is 0 Å². The predicted octanol–water partition coefficient (Wildman–Crippen LogP) is 2.14. The van der Waals surface area contributed by atoms with Crippen LogP contribution in [0.15, 0.2) is 18.2 Å². The second-order valence-corrected chi connectivity index (χ2v) is 7.76. The summed E-state index contributed by atoms with van der Waals surface area (Å²) in [5.74, 6) is 0. The molecule has 1 aromatic rings. The Bertz CT molecular complexity index is 594. The Morgan fingerprint density at radius 3 is 2.42 bits per heavy atom. The lowest BCUT2D eigenvalue weighted by atomic mass is 10.1. The van der Waals surface area contributed by atoms with Crippen LogP contribution in [-0.2, 0) is 9.84 Å². The summed E-state index contributed by atoms with van der Waals surface area (Å²) >= 11 is 0. The third-order valence-corrected chi connectivity index (χ3v) is 5.28. The minimum absolute atomic E-state index is 0.0215. The zero-order valence-electron chi connectivity index (χ0n) is 11.4. The van der Waals surface area contributed by atoms with E-state index in [1.165, 1.54) is 0 Å². The van der Waals surface area contributed by atoms with E-state index in [1.54, 1.807) is 39.0 Å². The van der Waals surface area contributed by atoms with Gasteiger partial charge in [-0.3, -0.25) is 10.1 Å². The molecule has 7 heteroatoms. The van der Waals surface area contributed by atoms with Crippen LogP contribution in [0, 0.1) is 17.0 Å². The molecule has 0 saturated heterocycles. The highest BCUT2D eigenvalue weighted by atomic mass is 32.2. The van der Waals surface area contributed by atoms with Crippen LogP contribution in [0.3, 0.4) is 0 Å². The van der Waals surface area contributed by atoms with Crippen molar-refractivity contribution in [3.8, 4) is 0 Å². The summed E-state index contributed by atoms with van der Waals surface area (Å²) < 4.78 is 22.2. The van der Waals surface area contributed by atoms with Crippen molar-refractivity contribution in [1.82, 2.24) is 0 Å². The van der Waals surface area contributed by atoms with Gasteiger partial charge in [-0.2, -0.15) is 0 Å². The van der Waals surface area contributed by atoms with Crippen molar-refractivity contribution < 1.29 is 13.3 Å². The molecular formula is C12H18N2O4S. The first-order chi connectivity index (χ1) is 8.56. The minimum Gasteiger partial charge on any atom is -0.378 e. The maximum Gasteiger partial charge on any atom is 0.295 e. The maximum absolute atomic E-state index is 11.6. The molecule has 0 aromatic heterocycles. The van der Waals surface area contributed by atoms with E-state index in [-0.39, 0.29) is 12.2 Å². The Balaban J connectivity index is 3.03. The second kappa shape index (κ2) is 5.16. The molecule has 0 unspecified atom stereocenters. The summed E-state index contributed by atoms with van der Waals surface area (Å²) in [6, 6.07) is 4.91. The van der Waals surface area contributed by atoms with Gasteiger partial charge in [0.2, 0.25) is 0 Å². The van der Waals surface area contributed by atoms with E-state index < -0.39 is 19.5 Å². The second-order valence-electron chi connectivity index (χ2n) is 5.11. The highest BCUT2D eigenvalue weighted by Gasteiger charge is 2.30. The lowest BCUT2D eigenvalue weighted by Crippen LogP contribution is -2.38. The number of sulfone groups is 1. The highest BCUT2D eigenvalue weighted by Crippen LogP contribution is 2.28. The van der Waals surface area contributed by atoms with Gasteiger partial charge < -0.3 is 5.32 Å². The number of nitrogens with one attached hydrogen (secondary N) is 1. The van der Waals surface area contributed by atoms with Gasteiger partial charge in [0.15, 0.2) is 9.84 Å². The van der Waals surface area contributed by atoms with Crippen molar-refractivity contribution in [3.05, 3.63) is 33.9 Å². The molecule has 0 fully saturated rings. The molecule has 0 atom stereocenters. The van der Waals surface area contributed by atoms with E-state index in [0.717, 1.165) is 6.26 Å². The molecule has 0 bridgehead atoms. The molecule has 0 amide bonds. The average Bonchev–Trinajstić information content (AvgIpc) is 2.24. The molecule has 1 N–H and O–H groups in total. The zero-order chi connectivity index (χ0) is 14.8. The van der Waals surface area contributed by atoms with Gasteiger partial charge in [0, 0.05) is 18.4 Å². The number of benzene rings is 1. The number of nitro benzene ring substituents is 1. The molecule has 0 aliphatic heterocycles. The van der Waals surface area contributed by atoms with Crippen molar-refractivity contribution in [3.63, 3.8) is 0 Å². The average molecular weight is 286 g/mol. The smallest absolute Gasteiger partial charge is 0.295 e. The van der Waals surface area contributed by atoms with Crippen LogP contribution in [0.4, 0.5) is 11.4 Å². The van der Waals surface area contributed by atoms with Crippen LogP contribution < -0.4 is 5.32 Å². The standard InChI is InChI=1S/C12H18N2O4S/c1-9-6-5-7-10(11(9)14(15)16)13-8-12(2,3)19(4,17)18/h5-7,13H,8H2,1-4H3. The quantitative estimate of drug-likeness (QED) is 0.661. The summed E-state index contributed by atoms with van der Waals surface area (Å²) in [6.07, 6.45) is 1.15. The molecule has 19 heavy (non-hydrogen) atoms. The van der Waals surface area contributed by atoms with Crippen molar-refractivity contribution in [2.45, 2.75) is 25.5 Å². The van der Waals surface area contributed by atoms with E-state index in [0.29, 0.717) is 11.3 Å². The number of para-hydroxylation sites is 1. The summed E-state index contributed by atoms with van der Waals surface area (Å²) in [6.45, 7) is 4.91. The van der Waals surface area contributed by atoms with Crippen LogP contribution >= 0.6 is 0 Å².